The van der Waals surface area contributed by atoms with Gasteiger partial charge in [-0.3, -0.25) is 9.78 Å². The van der Waals surface area contributed by atoms with Crippen LogP contribution in [0.4, 0.5) is 0 Å². The monoisotopic (exact) mass is 213 g/mol. The zero-order valence-corrected chi connectivity index (χ0v) is 9.82. The summed E-state index contributed by atoms with van der Waals surface area (Å²) in [6.45, 7) is 5.75. The first-order valence-corrected chi connectivity index (χ1v) is 5.39. The summed E-state index contributed by atoms with van der Waals surface area (Å²) in [5.41, 5.74) is 0.183. The van der Waals surface area contributed by atoms with Crippen molar-refractivity contribution in [2.24, 2.45) is 5.41 Å². The Balaban J connectivity index is 2.66. The van der Waals surface area contributed by atoms with E-state index in [-0.39, 0.29) is 5.78 Å². The first kappa shape index (κ1) is 10.8. The van der Waals surface area contributed by atoms with Crippen molar-refractivity contribution in [3.63, 3.8) is 0 Å². The predicted molar refractivity (Wildman–Crippen MR) is 65.5 cm³/mol. The number of nitrogens with zero attached hydrogens (tertiary/aromatic N) is 1. The zero-order valence-electron chi connectivity index (χ0n) is 9.82. The van der Waals surface area contributed by atoms with Crippen LogP contribution in [0.1, 0.15) is 31.3 Å². The van der Waals surface area contributed by atoms with Crippen LogP contribution >= 0.6 is 0 Å². The lowest BCUT2D eigenvalue weighted by Crippen LogP contribution is -2.21. The van der Waals surface area contributed by atoms with Gasteiger partial charge in [-0.15, -0.1) is 0 Å². The van der Waals surface area contributed by atoms with Crippen LogP contribution in [-0.2, 0) is 0 Å². The normalized spacial score (nSPS) is 11.7. The Morgan fingerprint density at radius 1 is 1.12 bits per heavy atom. The van der Waals surface area contributed by atoms with E-state index in [1.807, 2.05) is 51.1 Å². The summed E-state index contributed by atoms with van der Waals surface area (Å²) in [6.07, 6.45) is 1.70. The minimum Gasteiger partial charge on any atom is -0.292 e. The van der Waals surface area contributed by atoms with Crippen LogP contribution in [-0.4, -0.2) is 10.8 Å². The fourth-order valence-electron chi connectivity index (χ4n) is 1.66. The molecule has 0 amide bonds. The first-order chi connectivity index (χ1) is 7.50. The summed E-state index contributed by atoms with van der Waals surface area (Å²) < 4.78 is 0. The summed E-state index contributed by atoms with van der Waals surface area (Å²) in [5, 5.41) is 2.00. The average Bonchev–Trinajstić information content (AvgIpc) is 2.26. The molecule has 0 radical (unpaired) electrons. The third-order valence-corrected chi connectivity index (χ3v) is 2.57. The van der Waals surface area contributed by atoms with Crippen molar-refractivity contribution in [1.82, 2.24) is 4.98 Å². The summed E-state index contributed by atoms with van der Waals surface area (Å²) in [7, 11) is 0. The Morgan fingerprint density at radius 2 is 1.81 bits per heavy atom. The van der Waals surface area contributed by atoms with E-state index in [1.54, 1.807) is 6.20 Å². The number of carbonyl (C=O) groups is 1. The largest absolute Gasteiger partial charge is 0.292 e. The minimum atomic E-state index is -0.392. The zero-order chi connectivity index (χ0) is 11.8. The molecule has 2 heteroatoms. The standard InChI is InChI=1S/C14H15NO/c1-14(2,3)13(16)12-11-7-5-4-6-10(11)8-9-15-12/h4-9H,1-3H3. The van der Waals surface area contributed by atoms with Crippen LogP contribution in [0.2, 0.25) is 0 Å². The summed E-state index contributed by atoms with van der Waals surface area (Å²) >= 11 is 0. The van der Waals surface area contributed by atoms with Crippen molar-refractivity contribution in [3.8, 4) is 0 Å². The molecule has 0 aliphatic rings. The molecule has 2 nitrogen and oxygen atoms in total. The molecule has 2 rings (SSSR count). The number of aromatic nitrogens is 1. The van der Waals surface area contributed by atoms with Gasteiger partial charge in [0.15, 0.2) is 5.78 Å². The van der Waals surface area contributed by atoms with E-state index >= 15 is 0 Å². The molecule has 1 heterocycles. The lowest BCUT2D eigenvalue weighted by molar-refractivity contribution is 0.0855. The van der Waals surface area contributed by atoms with E-state index in [0.717, 1.165) is 10.8 Å². The van der Waals surface area contributed by atoms with Crippen LogP contribution in [0.25, 0.3) is 10.8 Å². The van der Waals surface area contributed by atoms with Crippen molar-refractivity contribution >= 4 is 16.6 Å². The maximum absolute atomic E-state index is 12.2. The molecule has 1 aromatic carbocycles. The van der Waals surface area contributed by atoms with Crippen molar-refractivity contribution < 1.29 is 4.79 Å². The van der Waals surface area contributed by atoms with E-state index < -0.39 is 5.41 Å². The van der Waals surface area contributed by atoms with Crippen LogP contribution in [0.5, 0.6) is 0 Å². The molecule has 0 saturated heterocycles. The quantitative estimate of drug-likeness (QED) is 0.679. The van der Waals surface area contributed by atoms with Gasteiger partial charge in [-0.25, -0.2) is 0 Å². The van der Waals surface area contributed by atoms with Gasteiger partial charge in [0.25, 0.3) is 0 Å². The molecule has 0 fully saturated rings. The topological polar surface area (TPSA) is 30.0 Å². The van der Waals surface area contributed by atoms with Gasteiger partial charge in [0, 0.05) is 17.0 Å². The highest BCUT2D eigenvalue weighted by molar-refractivity contribution is 6.08. The van der Waals surface area contributed by atoms with Crippen LogP contribution in [0.15, 0.2) is 36.5 Å². The number of carbonyl (C=O) groups excluding carboxylic acids is 1. The van der Waals surface area contributed by atoms with Gasteiger partial charge < -0.3 is 0 Å². The Morgan fingerprint density at radius 3 is 2.50 bits per heavy atom. The number of fused-ring (bicyclic) bond motifs is 1. The van der Waals surface area contributed by atoms with Gasteiger partial charge in [0.05, 0.1) is 0 Å². The average molecular weight is 213 g/mol. The van der Waals surface area contributed by atoms with E-state index in [2.05, 4.69) is 4.98 Å². The Bertz CT molecular complexity index is 532. The molecular weight excluding hydrogens is 198 g/mol. The second-order valence-corrected chi connectivity index (χ2v) is 4.96. The number of rotatable bonds is 1. The fourth-order valence-corrected chi connectivity index (χ4v) is 1.66. The summed E-state index contributed by atoms with van der Waals surface area (Å²) in [5.74, 6) is 0.0873. The third kappa shape index (κ3) is 1.83. The first-order valence-electron chi connectivity index (χ1n) is 5.39. The van der Waals surface area contributed by atoms with E-state index in [1.165, 1.54) is 0 Å². The molecule has 0 atom stereocenters. The molecule has 0 spiro atoms. The summed E-state index contributed by atoms with van der Waals surface area (Å²) in [6, 6.07) is 9.77. The Kier molecular flexibility index (Phi) is 2.50. The number of Topliss-reactive ketones (excluding diaryl/α,β-unsaturated/α-hetero) is 1. The highest BCUT2D eigenvalue weighted by atomic mass is 16.1. The van der Waals surface area contributed by atoms with Gasteiger partial charge in [-0.05, 0) is 11.5 Å². The lowest BCUT2D eigenvalue weighted by atomic mass is 9.87. The smallest absolute Gasteiger partial charge is 0.187 e. The van der Waals surface area contributed by atoms with Gasteiger partial charge in [0.1, 0.15) is 5.69 Å². The maximum atomic E-state index is 12.2. The maximum Gasteiger partial charge on any atom is 0.187 e. The van der Waals surface area contributed by atoms with Crippen molar-refractivity contribution in [2.75, 3.05) is 0 Å². The number of pyridine rings is 1. The second kappa shape index (κ2) is 3.71. The number of hydrogen-bond donors (Lipinski definition) is 0. The van der Waals surface area contributed by atoms with Crippen LogP contribution < -0.4 is 0 Å². The second-order valence-electron chi connectivity index (χ2n) is 4.96. The van der Waals surface area contributed by atoms with Crippen LogP contribution in [0, 0.1) is 5.41 Å². The highest BCUT2D eigenvalue weighted by Crippen LogP contribution is 2.24. The molecule has 0 N–H and O–H groups in total. The van der Waals surface area contributed by atoms with Crippen molar-refractivity contribution in [1.29, 1.82) is 0 Å². The Labute approximate surface area is 95.3 Å². The molecule has 1 aromatic heterocycles. The van der Waals surface area contributed by atoms with E-state index in [9.17, 15) is 4.79 Å². The van der Waals surface area contributed by atoms with Crippen LogP contribution in [0.3, 0.4) is 0 Å². The molecule has 0 saturated carbocycles. The van der Waals surface area contributed by atoms with E-state index in [4.69, 9.17) is 0 Å². The molecule has 0 aliphatic carbocycles. The van der Waals surface area contributed by atoms with E-state index in [0.29, 0.717) is 5.69 Å². The molecule has 0 bridgehead atoms. The third-order valence-electron chi connectivity index (χ3n) is 2.57. The SMILES string of the molecule is CC(C)(C)C(=O)c1nccc2ccccc12. The Hall–Kier alpha value is -1.70. The highest BCUT2D eigenvalue weighted by Gasteiger charge is 2.25. The molecular formula is C14H15NO. The number of hydrogen-bond acceptors (Lipinski definition) is 2. The van der Waals surface area contributed by atoms with Gasteiger partial charge in [-0.1, -0.05) is 45.0 Å². The molecule has 2 aromatic rings. The van der Waals surface area contributed by atoms with Gasteiger partial charge in [0.2, 0.25) is 0 Å². The summed E-state index contributed by atoms with van der Waals surface area (Å²) in [4.78, 5) is 16.4. The molecule has 16 heavy (non-hydrogen) atoms. The number of benzene rings is 1. The van der Waals surface area contributed by atoms with Gasteiger partial charge in [-0.2, -0.15) is 0 Å². The molecule has 82 valence electrons. The number of ketones is 1. The van der Waals surface area contributed by atoms with Crippen molar-refractivity contribution in [2.45, 2.75) is 20.8 Å². The predicted octanol–water partition coefficient (Wildman–Crippen LogP) is 3.46. The van der Waals surface area contributed by atoms with Gasteiger partial charge >= 0.3 is 0 Å². The fraction of sp³-hybridized carbons (Fsp3) is 0.286. The minimum absolute atomic E-state index is 0.0873. The molecule has 0 unspecified atom stereocenters. The van der Waals surface area contributed by atoms with Crippen molar-refractivity contribution in [3.05, 3.63) is 42.2 Å². The molecule has 0 aliphatic heterocycles. The lowest BCUT2D eigenvalue weighted by Gasteiger charge is -2.16.